The number of carbonyl (C=O) groups excluding carboxylic acids is 1. The number of amides is 1. The molecule has 0 saturated carbocycles. The Balaban J connectivity index is 2.79. The van der Waals surface area contributed by atoms with Crippen molar-refractivity contribution in [3.8, 4) is 0 Å². The van der Waals surface area contributed by atoms with Crippen molar-refractivity contribution in [2.24, 2.45) is 4.99 Å². The highest BCUT2D eigenvalue weighted by atomic mass is 32.2. The molecule has 0 fully saturated rings. The smallest absolute Gasteiger partial charge is 0.267 e. The van der Waals surface area contributed by atoms with Crippen LogP contribution in [0.1, 0.15) is 0 Å². The lowest BCUT2D eigenvalue weighted by atomic mass is 10.3. The zero-order valence-electron chi connectivity index (χ0n) is 7.39. The molecule has 1 amide bonds. The number of rotatable bonds is 1. The molecule has 0 saturated heterocycles. The van der Waals surface area contributed by atoms with Crippen LogP contribution < -0.4 is 10.6 Å². The molecule has 72 valence electrons. The molecule has 1 aromatic carbocycles. The van der Waals surface area contributed by atoms with E-state index in [9.17, 15) is 13.2 Å². The van der Waals surface area contributed by atoms with E-state index < -0.39 is 9.84 Å². The summed E-state index contributed by atoms with van der Waals surface area (Å²) in [5.74, 6) is -0.342. The molecule has 0 atom stereocenters. The van der Waals surface area contributed by atoms with Gasteiger partial charge in [0.25, 0.3) is 5.91 Å². The molecule has 4 nitrogen and oxygen atoms in total. The number of nitrogens with zero attached hydrogens (tertiary/aromatic N) is 1. The second-order valence-electron chi connectivity index (χ2n) is 3.09. The van der Waals surface area contributed by atoms with Crippen LogP contribution >= 0.6 is 0 Å². The molecule has 0 radical (unpaired) electrons. The van der Waals surface area contributed by atoms with Crippen molar-refractivity contribution in [1.82, 2.24) is 0 Å². The predicted octanol–water partition coefficient (Wildman–Crippen LogP) is -0.970. The lowest BCUT2D eigenvalue weighted by Gasteiger charge is -1.95. The maximum Gasteiger partial charge on any atom is 0.270 e. The van der Waals surface area contributed by atoms with Gasteiger partial charge in [-0.15, -0.1) is 0 Å². The molecule has 0 aromatic heterocycles. The third-order valence-electron chi connectivity index (χ3n) is 1.94. The summed E-state index contributed by atoms with van der Waals surface area (Å²) in [5.41, 5.74) is 0. The summed E-state index contributed by atoms with van der Waals surface area (Å²) in [4.78, 5) is 14.7. The van der Waals surface area contributed by atoms with Crippen molar-refractivity contribution in [3.05, 3.63) is 28.8 Å². The van der Waals surface area contributed by atoms with Crippen LogP contribution in [0.25, 0.3) is 6.08 Å². The minimum atomic E-state index is -3.23. The van der Waals surface area contributed by atoms with Crippen LogP contribution in [0.5, 0.6) is 0 Å². The number of carbonyl (C=O) groups is 1. The Bertz CT molecular complexity index is 629. The van der Waals surface area contributed by atoms with Gasteiger partial charge in [-0.25, -0.2) is 13.4 Å². The molecule has 1 aromatic rings. The topological polar surface area (TPSA) is 63.6 Å². The zero-order chi connectivity index (χ0) is 10.3. The van der Waals surface area contributed by atoms with Crippen molar-refractivity contribution < 1.29 is 13.2 Å². The summed E-state index contributed by atoms with van der Waals surface area (Å²) in [7, 11) is -3.23. The molecule has 1 heterocycles. The Kier molecular flexibility index (Phi) is 1.78. The van der Waals surface area contributed by atoms with E-state index in [4.69, 9.17) is 0 Å². The van der Waals surface area contributed by atoms with E-state index in [0.717, 1.165) is 6.26 Å². The third kappa shape index (κ3) is 1.46. The number of sulfone groups is 1. The first-order valence-corrected chi connectivity index (χ1v) is 5.80. The van der Waals surface area contributed by atoms with E-state index in [2.05, 4.69) is 4.99 Å². The van der Waals surface area contributed by atoms with Crippen LogP contribution in [0.15, 0.2) is 28.1 Å². The number of fused-ring (bicyclic) bond motifs is 1. The van der Waals surface area contributed by atoms with Crippen molar-refractivity contribution in [3.63, 3.8) is 0 Å². The second kappa shape index (κ2) is 2.75. The fraction of sp³-hybridized carbons (Fsp3) is 0.111. The van der Waals surface area contributed by atoms with E-state index in [1.165, 1.54) is 18.2 Å². The van der Waals surface area contributed by atoms with Gasteiger partial charge in [-0.3, -0.25) is 4.79 Å². The van der Waals surface area contributed by atoms with Crippen molar-refractivity contribution >= 4 is 21.8 Å². The lowest BCUT2D eigenvalue weighted by molar-refractivity contribution is -0.112. The van der Waals surface area contributed by atoms with Gasteiger partial charge in [0.1, 0.15) is 0 Å². The highest BCUT2D eigenvalue weighted by molar-refractivity contribution is 7.90. The van der Waals surface area contributed by atoms with E-state index in [1.807, 2.05) is 0 Å². The SMILES string of the molecule is CS(=O)(=O)c1ccc2c(c1)=NC(=O)C=2. The van der Waals surface area contributed by atoms with Gasteiger partial charge in [-0.05, 0) is 12.1 Å². The van der Waals surface area contributed by atoms with Crippen LogP contribution in [-0.4, -0.2) is 20.6 Å². The normalized spacial score (nSPS) is 14.5. The van der Waals surface area contributed by atoms with E-state index >= 15 is 0 Å². The molecule has 14 heavy (non-hydrogen) atoms. The average Bonchev–Trinajstić information content (AvgIpc) is 2.41. The van der Waals surface area contributed by atoms with Crippen molar-refractivity contribution in [2.45, 2.75) is 4.90 Å². The summed E-state index contributed by atoms with van der Waals surface area (Å²) in [6, 6.07) is 4.46. The number of hydrogen-bond acceptors (Lipinski definition) is 3. The Morgan fingerprint density at radius 2 is 2.00 bits per heavy atom. The minimum Gasteiger partial charge on any atom is -0.267 e. The molecule has 2 rings (SSSR count). The Morgan fingerprint density at radius 1 is 1.29 bits per heavy atom. The van der Waals surface area contributed by atoms with Gasteiger partial charge in [-0.2, -0.15) is 0 Å². The van der Waals surface area contributed by atoms with Gasteiger partial charge in [0, 0.05) is 17.6 Å². The highest BCUT2D eigenvalue weighted by Crippen LogP contribution is 2.03. The van der Waals surface area contributed by atoms with E-state index in [1.54, 1.807) is 6.07 Å². The van der Waals surface area contributed by atoms with Gasteiger partial charge in [0.05, 0.1) is 10.3 Å². The molecule has 1 aliphatic rings. The molecule has 0 N–H and O–H groups in total. The maximum absolute atomic E-state index is 11.2. The lowest BCUT2D eigenvalue weighted by Crippen LogP contribution is -2.22. The number of hydrogen-bond donors (Lipinski definition) is 0. The molecular formula is C9H7NO3S. The van der Waals surface area contributed by atoms with Gasteiger partial charge in [0.15, 0.2) is 9.84 Å². The molecule has 0 spiro atoms. The summed E-state index contributed by atoms with van der Waals surface area (Å²) in [6.45, 7) is 0. The molecular weight excluding hydrogens is 202 g/mol. The summed E-state index contributed by atoms with van der Waals surface area (Å²) < 4.78 is 22.4. The van der Waals surface area contributed by atoms with Crippen molar-refractivity contribution in [2.75, 3.05) is 6.26 Å². The van der Waals surface area contributed by atoms with E-state index in [0.29, 0.717) is 10.6 Å². The first-order valence-electron chi connectivity index (χ1n) is 3.91. The van der Waals surface area contributed by atoms with Gasteiger partial charge in [0.2, 0.25) is 0 Å². The Morgan fingerprint density at radius 3 is 2.64 bits per heavy atom. The van der Waals surface area contributed by atoms with Crippen LogP contribution in [0.4, 0.5) is 0 Å². The molecule has 5 heteroatoms. The Hall–Kier alpha value is -1.49. The van der Waals surface area contributed by atoms with Gasteiger partial charge in [-0.1, -0.05) is 6.07 Å². The second-order valence-corrected chi connectivity index (χ2v) is 5.10. The average molecular weight is 209 g/mol. The fourth-order valence-corrected chi connectivity index (χ4v) is 1.90. The summed E-state index contributed by atoms with van der Waals surface area (Å²) >= 11 is 0. The Labute approximate surface area is 80.5 Å². The first-order chi connectivity index (χ1) is 6.47. The zero-order valence-corrected chi connectivity index (χ0v) is 8.21. The van der Waals surface area contributed by atoms with Crippen LogP contribution in [0.2, 0.25) is 0 Å². The van der Waals surface area contributed by atoms with E-state index in [-0.39, 0.29) is 10.8 Å². The van der Waals surface area contributed by atoms with Crippen LogP contribution in [-0.2, 0) is 14.6 Å². The highest BCUT2D eigenvalue weighted by Gasteiger charge is 2.09. The molecule has 0 aliphatic carbocycles. The van der Waals surface area contributed by atoms with Crippen LogP contribution in [0, 0.1) is 0 Å². The van der Waals surface area contributed by atoms with Gasteiger partial charge >= 0.3 is 0 Å². The minimum absolute atomic E-state index is 0.183. The van der Waals surface area contributed by atoms with Crippen LogP contribution in [0.3, 0.4) is 0 Å². The first kappa shape index (κ1) is 9.08. The third-order valence-corrected chi connectivity index (χ3v) is 3.05. The molecule has 0 bridgehead atoms. The molecule has 1 aliphatic heterocycles. The fourth-order valence-electron chi connectivity index (χ4n) is 1.26. The molecule has 0 unspecified atom stereocenters. The largest absolute Gasteiger partial charge is 0.270 e. The van der Waals surface area contributed by atoms with Gasteiger partial charge < -0.3 is 0 Å². The maximum atomic E-state index is 11.2. The standard InChI is InChI=1S/C9H7NO3S/c1-14(12,13)7-3-2-6-4-9(11)10-8(6)5-7/h2-5H,1H3. The van der Waals surface area contributed by atoms with Crippen molar-refractivity contribution in [1.29, 1.82) is 0 Å². The summed E-state index contributed by atoms with van der Waals surface area (Å²) in [5, 5.41) is 1.10. The predicted molar refractivity (Wildman–Crippen MR) is 49.8 cm³/mol. The number of benzene rings is 1. The summed E-state index contributed by atoms with van der Waals surface area (Å²) in [6.07, 6.45) is 2.50. The monoisotopic (exact) mass is 209 g/mol. The quantitative estimate of drug-likeness (QED) is 0.598.